The number of halogens is 1. The highest BCUT2D eigenvalue weighted by atomic mass is 79.9. The molecule has 0 aromatic heterocycles. The molecule has 0 unspecified atom stereocenters. The largest absolute Gasteiger partial charge is 0.485 e. The van der Waals surface area contributed by atoms with Gasteiger partial charge >= 0.3 is 0 Å². The van der Waals surface area contributed by atoms with Crippen molar-refractivity contribution in [1.29, 1.82) is 0 Å². The summed E-state index contributed by atoms with van der Waals surface area (Å²) < 4.78 is 16.9. The van der Waals surface area contributed by atoms with Crippen molar-refractivity contribution in [3.63, 3.8) is 0 Å². The SMILES string of the molecule is O=C(COc1ccc(Br)cc1)c1ccc2c(c1)OCO2. The molecule has 0 aliphatic carbocycles. The molecule has 0 saturated heterocycles. The lowest BCUT2D eigenvalue weighted by Gasteiger charge is -2.06. The zero-order valence-corrected chi connectivity index (χ0v) is 12.1. The standard InChI is InChI=1S/C15H11BrO4/c16-11-2-4-12(5-3-11)18-8-13(17)10-1-6-14-15(7-10)20-9-19-14/h1-7H,8-9H2. The van der Waals surface area contributed by atoms with E-state index < -0.39 is 0 Å². The predicted octanol–water partition coefficient (Wildman–Crippen LogP) is 3.44. The van der Waals surface area contributed by atoms with Crippen LogP contribution in [0.25, 0.3) is 0 Å². The van der Waals surface area contributed by atoms with Gasteiger partial charge in [-0.3, -0.25) is 4.79 Å². The first-order valence-electron chi connectivity index (χ1n) is 6.03. The van der Waals surface area contributed by atoms with E-state index in [0.29, 0.717) is 22.8 Å². The Morgan fingerprint density at radius 1 is 1.10 bits per heavy atom. The first-order chi connectivity index (χ1) is 9.72. The minimum absolute atomic E-state index is 0.0126. The van der Waals surface area contributed by atoms with Crippen molar-refractivity contribution in [3.05, 3.63) is 52.5 Å². The molecule has 2 aromatic rings. The number of Topliss-reactive ketones (excluding diaryl/α,β-unsaturated/α-hetero) is 1. The average Bonchev–Trinajstić information content (AvgIpc) is 2.93. The molecule has 4 nitrogen and oxygen atoms in total. The summed E-state index contributed by atoms with van der Waals surface area (Å²) in [5, 5.41) is 0. The molecule has 5 heteroatoms. The van der Waals surface area contributed by atoms with E-state index >= 15 is 0 Å². The molecule has 102 valence electrons. The summed E-state index contributed by atoms with van der Waals surface area (Å²) in [6.45, 7) is 0.184. The minimum Gasteiger partial charge on any atom is -0.485 e. The number of carbonyl (C=O) groups is 1. The normalized spacial score (nSPS) is 12.2. The Balaban J connectivity index is 1.66. The highest BCUT2D eigenvalue weighted by molar-refractivity contribution is 9.10. The molecule has 2 aromatic carbocycles. The number of rotatable bonds is 4. The Labute approximate surface area is 124 Å². The van der Waals surface area contributed by atoms with Crippen LogP contribution in [0.2, 0.25) is 0 Å². The summed E-state index contributed by atoms with van der Waals surface area (Å²) in [7, 11) is 0. The second-order valence-corrected chi connectivity index (χ2v) is 5.15. The molecule has 0 amide bonds. The van der Waals surface area contributed by atoms with Gasteiger partial charge in [0, 0.05) is 10.0 Å². The van der Waals surface area contributed by atoms with Gasteiger partial charge in [0.1, 0.15) is 5.75 Å². The second-order valence-electron chi connectivity index (χ2n) is 4.23. The molecular weight excluding hydrogens is 324 g/mol. The van der Waals surface area contributed by atoms with E-state index in [1.165, 1.54) is 0 Å². The van der Waals surface area contributed by atoms with Crippen molar-refractivity contribution in [2.75, 3.05) is 13.4 Å². The highest BCUT2D eigenvalue weighted by Gasteiger charge is 2.16. The van der Waals surface area contributed by atoms with Gasteiger partial charge in [-0.15, -0.1) is 0 Å². The van der Waals surface area contributed by atoms with E-state index in [0.717, 1.165) is 4.47 Å². The molecule has 0 atom stereocenters. The fraction of sp³-hybridized carbons (Fsp3) is 0.133. The quantitative estimate of drug-likeness (QED) is 0.803. The van der Waals surface area contributed by atoms with Gasteiger partial charge in [-0.1, -0.05) is 15.9 Å². The summed E-state index contributed by atoms with van der Waals surface area (Å²) in [5.41, 5.74) is 0.548. The van der Waals surface area contributed by atoms with Gasteiger partial charge in [0.05, 0.1) is 0 Å². The van der Waals surface area contributed by atoms with Crippen molar-refractivity contribution in [1.82, 2.24) is 0 Å². The van der Waals surface area contributed by atoms with Gasteiger partial charge < -0.3 is 14.2 Å². The van der Waals surface area contributed by atoms with Crippen LogP contribution in [0.4, 0.5) is 0 Å². The van der Waals surface area contributed by atoms with Gasteiger partial charge in [0.25, 0.3) is 0 Å². The van der Waals surface area contributed by atoms with Gasteiger partial charge in [0.2, 0.25) is 6.79 Å². The van der Waals surface area contributed by atoms with E-state index in [2.05, 4.69) is 15.9 Å². The Morgan fingerprint density at radius 2 is 1.85 bits per heavy atom. The maximum absolute atomic E-state index is 12.1. The Hall–Kier alpha value is -2.01. The van der Waals surface area contributed by atoms with Crippen molar-refractivity contribution in [2.45, 2.75) is 0 Å². The first-order valence-corrected chi connectivity index (χ1v) is 6.83. The molecule has 0 spiro atoms. The zero-order chi connectivity index (χ0) is 13.9. The van der Waals surface area contributed by atoms with Crippen LogP contribution in [0.1, 0.15) is 10.4 Å². The third-order valence-corrected chi connectivity index (χ3v) is 3.41. The number of carbonyl (C=O) groups excluding carboxylic acids is 1. The number of ketones is 1. The lowest BCUT2D eigenvalue weighted by Crippen LogP contribution is -2.11. The lowest BCUT2D eigenvalue weighted by atomic mass is 10.1. The van der Waals surface area contributed by atoms with Gasteiger partial charge in [0.15, 0.2) is 23.9 Å². The Morgan fingerprint density at radius 3 is 2.65 bits per heavy atom. The lowest BCUT2D eigenvalue weighted by molar-refractivity contribution is 0.0921. The zero-order valence-electron chi connectivity index (χ0n) is 10.5. The fourth-order valence-electron chi connectivity index (χ4n) is 1.83. The molecule has 0 radical (unpaired) electrons. The highest BCUT2D eigenvalue weighted by Crippen LogP contribution is 2.32. The van der Waals surface area contributed by atoms with E-state index in [1.54, 1.807) is 30.3 Å². The molecule has 0 N–H and O–H groups in total. The Bertz CT molecular complexity index is 637. The fourth-order valence-corrected chi connectivity index (χ4v) is 2.10. The third kappa shape index (κ3) is 2.77. The van der Waals surface area contributed by atoms with Crippen molar-refractivity contribution < 1.29 is 19.0 Å². The number of fused-ring (bicyclic) bond motifs is 1. The summed E-state index contributed by atoms with van der Waals surface area (Å²) in [6, 6.07) is 12.4. The van der Waals surface area contributed by atoms with E-state index in [1.807, 2.05) is 12.1 Å². The topological polar surface area (TPSA) is 44.8 Å². The van der Waals surface area contributed by atoms with Gasteiger partial charge in [-0.05, 0) is 42.5 Å². The molecule has 1 heterocycles. The molecule has 3 rings (SSSR count). The number of ether oxygens (including phenoxy) is 3. The summed E-state index contributed by atoms with van der Waals surface area (Å²) >= 11 is 3.34. The molecule has 0 saturated carbocycles. The van der Waals surface area contributed by atoms with Gasteiger partial charge in [-0.2, -0.15) is 0 Å². The molecule has 1 aliphatic rings. The van der Waals surface area contributed by atoms with Gasteiger partial charge in [-0.25, -0.2) is 0 Å². The molecule has 20 heavy (non-hydrogen) atoms. The van der Waals surface area contributed by atoms with Crippen molar-refractivity contribution >= 4 is 21.7 Å². The average molecular weight is 335 g/mol. The van der Waals surface area contributed by atoms with Crippen LogP contribution in [0.3, 0.4) is 0 Å². The van der Waals surface area contributed by atoms with Crippen LogP contribution in [-0.2, 0) is 0 Å². The molecule has 1 aliphatic heterocycles. The minimum atomic E-state index is -0.105. The second kappa shape index (κ2) is 5.54. The van der Waals surface area contributed by atoms with Crippen LogP contribution < -0.4 is 14.2 Å². The van der Waals surface area contributed by atoms with Crippen molar-refractivity contribution in [3.8, 4) is 17.2 Å². The summed E-state index contributed by atoms with van der Waals surface area (Å²) in [4.78, 5) is 12.1. The van der Waals surface area contributed by atoms with Crippen LogP contribution in [0, 0.1) is 0 Å². The van der Waals surface area contributed by atoms with E-state index in [9.17, 15) is 4.79 Å². The Kier molecular flexibility index (Phi) is 3.60. The monoisotopic (exact) mass is 334 g/mol. The molecular formula is C15H11BrO4. The third-order valence-electron chi connectivity index (χ3n) is 2.88. The maximum Gasteiger partial charge on any atom is 0.231 e. The maximum atomic E-state index is 12.1. The van der Waals surface area contributed by atoms with Crippen LogP contribution in [0.15, 0.2) is 46.9 Å². The molecule has 0 bridgehead atoms. The summed E-state index contributed by atoms with van der Waals surface area (Å²) in [5.74, 6) is 1.81. The molecule has 0 fully saturated rings. The smallest absolute Gasteiger partial charge is 0.231 e. The van der Waals surface area contributed by atoms with E-state index in [-0.39, 0.29) is 19.2 Å². The predicted molar refractivity (Wildman–Crippen MR) is 76.5 cm³/mol. The van der Waals surface area contributed by atoms with Crippen LogP contribution >= 0.6 is 15.9 Å². The van der Waals surface area contributed by atoms with Crippen LogP contribution in [0.5, 0.6) is 17.2 Å². The number of hydrogen-bond donors (Lipinski definition) is 0. The van der Waals surface area contributed by atoms with E-state index in [4.69, 9.17) is 14.2 Å². The van der Waals surface area contributed by atoms with Crippen LogP contribution in [-0.4, -0.2) is 19.2 Å². The van der Waals surface area contributed by atoms with Crippen molar-refractivity contribution in [2.24, 2.45) is 0 Å². The summed E-state index contributed by atoms with van der Waals surface area (Å²) in [6.07, 6.45) is 0. The number of hydrogen-bond acceptors (Lipinski definition) is 4. The number of benzene rings is 2. The first kappa shape index (κ1) is 13.0.